The van der Waals surface area contributed by atoms with Crippen molar-refractivity contribution >= 4 is 5.91 Å². The second kappa shape index (κ2) is 6.97. The minimum absolute atomic E-state index is 0.229. The Hall–Kier alpha value is -0.610. The van der Waals surface area contributed by atoms with E-state index in [2.05, 4.69) is 29.0 Å². The van der Waals surface area contributed by atoms with Crippen LogP contribution in [-0.2, 0) is 4.79 Å². The van der Waals surface area contributed by atoms with E-state index in [0.717, 1.165) is 39.0 Å². The normalized spacial score (nSPS) is 18.9. The highest BCUT2D eigenvalue weighted by Crippen LogP contribution is 2.18. The van der Waals surface area contributed by atoms with Gasteiger partial charge in [0.15, 0.2) is 0 Å². The van der Waals surface area contributed by atoms with Gasteiger partial charge in [-0.1, -0.05) is 0 Å². The quantitative estimate of drug-likeness (QED) is 0.773. The van der Waals surface area contributed by atoms with E-state index in [0.29, 0.717) is 6.04 Å². The number of carbonyl (C=O) groups is 1. The molecule has 0 aromatic heterocycles. The van der Waals surface area contributed by atoms with Crippen molar-refractivity contribution < 1.29 is 4.79 Å². The van der Waals surface area contributed by atoms with Crippen LogP contribution in [0.25, 0.3) is 0 Å². The Morgan fingerprint density at radius 1 is 1.35 bits per heavy atom. The average Bonchev–Trinajstić information content (AvgIpc) is 2.28. The lowest BCUT2D eigenvalue weighted by atomic mass is 9.95. The molecule has 100 valence electrons. The van der Waals surface area contributed by atoms with Crippen molar-refractivity contribution in [1.29, 1.82) is 0 Å². The number of likely N-dealkylation sites (tertiary alicyclic amines) is 1. The van der Waals surface area contributed by atoms with Crippen LogP contribution in [0.1, 0.15) is 26.7 Å². The smallest absolute Gasteiger partial charge is 0.223 e. The van der Waals surface area contributed by atoms with Crippen molar-refractivity contribution in [3.05, 3.63) is 0 Å². The molecule has 0 aliphatic carbocycles. The number of carbonyl (C=O) groups excluding carboxylic acids is 1. The second-order valence-corrected chi connectivity index (χ2v) is 5.50. The van der Waals surface area contributed by atoms with Crippen molar-refractivity contribution in [3.8, 4) is 0 Å². The molecular weight excluding hydrogens is 214 g/mol. The first-order chi connectivity index (χ1) is 8.00. The summed E-state index contributed by atoms with van der Waals surface area (Å²) in [6.45, 7) is 8.23. The van der Waals surface area contributed by atoms with Crippen LogP contribution in [0, 0.1) is 5.92 Å². The number of nitrogens with zero attached hydrogens (tertiary/aromatic N) is 2. The highest BCUT2D eigenvalue weighted by molar-refractivity contribution is 5.78. The summed E-state index contributed by atoms with van der Waals surface area (Å²) < 4.78 is 0. The maximum Gasteiger partial charge on any atom is 0.223 e. The molecule has 0 saturated carbocycles. The minimum Gasteiger partial charge on any atom is -0.355 e. The number of hydrogen-bond acceptors (Lipinski definition) is 3. The number of rotatable bonds is 5. The second-order valence-electron chi connectivity index (χ2n) is 5.50. The average molecular weight is 241 g/mol. The third-order valence-electron chi connectivity index (χ3n) is 3.49. The lowest BCUT2D eigenvalue weighted by molar-refractivity contribution is -0.126. The third-order valence-corrected chi connectivity index (χ3v) is 3.49. The highest BCUT2D eigenvalue weighted by Gasteiger charge is 2.25. The van der Waals surface area contributed by atoms with Gasteiger partial charge in [0.05, 0.1) is 0 Å². The van der Waals surface area contributed by atoms with Crippen molar-refractivity contribution in [3.63, 3.8) is 0 Å². The predicted molar refractivity (Wildman–Crippen MR) is 71.0 cm³/mol. The van der Waals surface area contributed by atoms with E-state index in [9.17, 15) is 4.79 Å². The fourth-order valence-electron chi connectivity index (χ4n) is 2.23. The summed E-state index contributed by atoms with van der Waals surface area (Å²) in [4.78, 5) is 16.4. The molecule has 0 bridgehead atoms. The van der Waals surface area contributed by atoms with Crippen LogP contribution >= 0.6 is 0 Å². The van der Waals surface area contributed by atoms with Crippen molar-refractivity contribution in [2.45, 2.75) is 32.7 Å². The molecule has 0 radical (unpaired) electrons. The predicted octanol–water partition coefficient (Wildman–Crippen LogP) is 0.785. The van der Waals surface area contributed by atoms with Crippen LogP contribution in [0.5, 0.6) is 0 Å². The lowest BCUT2D eigenvalue weighted by Crippen LogP contribution is -2.44. The van der Waals surface area contributed by atoms with E-state index < -0.39 is 0 Å². The highest BCUT2D eigenvalue weighted by atomic mass is 16.1. The molecule has 0 aromatic rings. The maximum atomic E-state index is 11.9. The van der Waals surface area contributed by atoms with Gasteiger partial charge in [-0.2, -0.15) is 0 Å². The van der Waals surface area contributed by atoms with Gasteiger partial charge in [0.1, 0.15) is 0 Å². The molecule has 1 aliphatic heterocycles. The van der Waals surface area contributed by atoms with E-state index in [1.54, 1.807) is 0 Å². The largest absolute Gasteiger partial charge is 0.355 e. The maximum absolute atomic E-state index is 11.9. The Balaban J connectivity index is 2.21. The van der Waals surface area contributed by atoms with E-state index in [1.165, 1.54) is 0 Å². The number of nitrogens with one attached hydrogen (secondary N) is 1. The third kappa shape index (κ3) is 5.04. The van der Waals surface area contributed by atoms with Crippen LogP contribution in [0.4, 0.5) is 0 Å². The summed E-state index contributed by atoms with van der Waals surface area (Å²) >= 11 is 0. The fraction of sp³-hybridized carbons (Fsp3) is 0.923. The molecule has 0 aromatic carbocycles. The van der Waals surface area contributed by atoms with E-state index in [-0.39, 0.29) is 11.8 Å². The first-order valence-electron chi connectivity index (χ1n) is 6.67. The zero-order valence-corrected chi connectivity index (χ0v) is 11.7. The molecule has 4 nitrogen and oxygen atoms in total. The van der Waals surface area contributed by atoms with Gasteiger partial charge in [-0.05, 0) is 53.9 Å². The minimum atomic E-state index is 0.229. The summed E-state index contributed by atoms with van der Waals surface area (Å²) in [5, 5.41) is 3.03. The molecule has 1 heterocycles. The van der Waals surface area contributed by atoms with Gasteiger partial charge in [-0.15, -0.1) is 0 Å². The number of hydrogen-bond donors (Lipinski definition) is 1. The van der Waals surface area contributed by atoms with Crippen LogP contribution < -0.4 is 5.32 Å². The van der Waals surface area contributed by atoms with Crippen LogP contribution in [0.3, 0.4) is 0 Å². The van der Waals surface area contributed by atoms with Gasteiger partial charge in [-0.3, -0.25) is 4.79 Å². The van der Waals surface area contributed by atoms with Crippen molar-refractivity contribution in [1.82, 2.24) is 15.1 Å². The summed E-state index contributed by atoms with van der Waals surface area (Å²) in [6.07, 6.45) is 2.01. The Morgan fingerprint density at radius 3 is 2.41 bits per heavy atom. The van der Waals surface area contributed by atoms with Crippen LogP contribution in [0.2, 0.25) is 0 Å². The molecule has 17 heavy (non-hydrogen) atoms. The summed E-state index contributed by atoms with van der Waals surface area (Å²) in [6, 6.07) is 0.604. The molecule has 0 atom stereocenters. The van der Waals surface area contributed by atoms with Gasteiger partial charge >= 0.3 is 0 Å². The zero-order chi connectivity index (χ0) is 12.8. The van der Waals surface area contributed by atoms with Crippen LogP contribution in [-0.4, -0.2) is 62.0 Å². The molecule has 4 heteroatoms. The molecule has 1 rings (SSSR count). The van der Waals surface area contributed by atoms with E-state index in [4.69, 9.17) is 0 Å². The zero-order valence-electron chi connectivity index (χ0n) is 11.7. The molecule has 1 aliphatic rings. The molecule has 0 spiro atoms. The Kier molecular flexibility index (Phi) is 5.92. The molecule has 1 N–H and O–H groups in total. The molecular formula is C13H27N3O. The van der Waals surface area contributed by atoms with Gasteiger partial charge < -0.3 is 15.1 Å². The topological polar surface area (TPSA) is 35.6 Å². The van der Waals surface area contributed by atoms with Gasteiger partial charge in [-0.25, -0.2) is 0 Å². The molecule has 0 unspecified atom stereocenters. The summed E-state index contributed by atoms with van der Waals surface area (Å²) in [5.41, 5.74) is 0. The number of piperidine rings is 1. The molecule has 1 saturated heterocycles. The SMILES string of the molecule is CC(C)N1CCC(C(=O)NCCN(C)C)CC1. The fourth-order valence-corrected chi connectivity index (χ4v) is 2.23. The van der Waals surface area contributed by atoms with E-state index in [1.807, 2.05) is 14.1 Å². The van der Waals surface area contributed by atoms with Crippen LogP contribution in [0.15, 0.2) is 0 Å². The Morgan fingerprint density at radius 2 is 1.94 bits per heavy atom. The number of amides is 1. The summed E-state index contributed by atoms with van der Waals surface area (Å²) in [7, 11) is 4.04. The Labute approximate surface area is 105 Å². The lowest BCUT2D eigenvalue weighted by Gasteiger charge is -2.34. The van der Waals surface area contributed by atoms with Gasteiger partial charge in [0, 0.05) is 25.0 Å². The Bertz CT molecular complexity index is 233. The van der Waals surface area contributed by atoms with Gasteiger partial charge in [0.2, 0.25) is 5.91 Å². The number of likely N-dealkylation sites (N-methyl/N-ethyl adjacent to an activating group) is 1. The first-order valence-corrected chi connectivity index (χ1v) is 6.67. The monoisotopic (exact) mass is 241 g/mol. The molecule has 1 fully saturated rings. The summed E-state index contributed by atoms with van der Waals surface area (Å²) in [5.74, 6) is 0.474. The van der Waals surface area contributed by atoms with Crippen molar-refractivity contribution in [2.24, 2.45) is 5.92 Å². The van der Waals surface area contributed by atoms with Gasteiger partial charge in [0.25, 0.3) is 0 Å². The first kappa shape index (κ1) is 14.5. The molecule has 1 amide bonds. The van der Waals surface area contributed by atoms with Crippen molar-refractivity contribution in [2.75, 3.05) is 40.3 Å². The van der Waals surface area contributed by atoms with E-state index >= 15 is 0 Å². The standard InChI is InChI=1S/C13H27N3O/c1-11(2)16-8-5-12(6-9-16)13(17)14-7-10-15(3)4/h11-12H,5-10H2,1-4H3,(H,14,17).